The summed E-state index contributed by atoms with van der Waals surface area (Å²) in [4.78, 5) is 0. The molecular weight excluding hydrogens is 208 g/mol. The molecule has 94 valence electrons. The molecule has 0 radical (unpaired) electrons. The fourth-order valence-corrected chi connectivity index (χ4v) is 2.37. The van der Waals surface area contributed by atoms with E-state index in [-0.39, 0.29) is 0 Å². The monoisotopic (exact) mass is 232 g/mol. The number of nitrogens with one attached hydrogen (secondary N) is 2. The predicted molar refractivity (Wildman–Crippen MR) is 73.2 cm³/mol. The molecule has 0 aromatic heterocycles. The molecule has 2 heteroatoms. The molecule has 1 saturated heterocycles. The number of hydrogen-bond donors (Lipinski definition) is 2. The lowest BCUT2D eigenvalue weighted by molar-refractivity contribution is 0.214. The molecule has 1 fully saturated rings. The van der Waals surface area contributed by atoms with Gasteiger partial charge < -0.3 is 10.6 Å². The van der Waals surface area contributed by atoms with Gasteiger partial charge in [-0.05, 0) is 17.4 Å². The Morgan fingerprint density at radius 3 is 2.29 bits per heavy atom. The van der Waals surface area contributed by atoms with Crippen molar-refractivity contribution in [2.45, 2.75) is 39.3 Å². The van der Waals surface area contributed by atoms with Crippen LogP contribution in [0.5, 0.6) is 0 Å². The molecule has 2 atom stereocenters. The third-order valence-corrected chi connectivity index (χ3v) is 3.59. The van der Waals surface area contributed by atoms with Crippen molar-refractivity contribution in [2.75, 3.05) is 13.1 Å². The second-order valence-corrected chi connectivity index (χ2v) is 6.12. The van der Waals surface area contributed by atoms with Crippen molar-refractivity contribution in [3.8, 4) is 0 Å². The van der Waals surface area contributed by atoms with Crippen LogP contribution in [0.15, 0.2) is 30.3 Å². The fraction of sp³-hybridized carbons (Fsp3) is 0.600. The molecule has 0 bridgehead atoms. The molecule has 1 aromatic rings. The van der Waals surface area contributed by atoms with Crippen LogP contribution in [0.3, 0.4) is 0 Å². The van der Waals surface area contributed by atoms with Gasteiger partial charge in [0.05, 0.1) is 0 Å². The van der Waals surface area contributed by atoms with Gasteiger partial charge in [0, 0.05) is 25.2 Å². The number of benzene rings is 1. The van der Waals surface area contributed by atoms with Gasteiger partial charge in [0.2, 0.25) is 0 Å². The summed E-state index contributed by atoms with van der Waals surface area (Å²) in [7, 11) is 0. The zero-order valence-electron chi connectivity index (χ0n) is 11.2. The molecule has 1 heterocycles. The second-order valence-electron chi connectivity index (χ2n) is 6.12. The summed E-state index contributed by atoms with van der Waals surface area (Å²) in [5, 5.41) is 7.33. The van der Waals surface area contributed by atoms with E-state index in [1.807, 2.05) is 0 Å². The van der Waals surface area contributed by atoms with Crippen molar-refractivity contribution < 1.29 is 0 Å². The van der Waals surface area contributed by atoms with Crippen LogP contribution in [0.25, 0.3) is 0 Å². The highest BCUT2D eigenvalue weighted by molar-refractivity contribution is 5.16. The van der Waals surface area contributed by atoms with E-state index in [4.69, 9.17) is 0 Å². The van der Waals surface area contributed by atoms with Crippen molar-refractivity contribution in [3.05, 3.63) is 35.9 Å². The van der Waals surface area contributed by atoms with Gasteiger partial charge in [-0.15, -0.1) is 0 Å². The zero-order valence-corrected chi connectivity index (χ0v) is 11.2. The van der Waals surface area contributed by atoms with Crippen molar-refractivity contribution in [1.29, 1.82) is 0 Å². The lowest BCUT2D eigenvalue weighted by Crippen LogP contribution is -2.59. The average molecular weight is 232 g/mol. The molecule has 2 rings (SSSR count). The Hall–Kier alpha value is -0.860. The Morgan fingerprint density at radius 1 is 1.06 bits per heavy atom. The molecule has 1 aliphatic rings. The summed E-state index contributed by atoms with van der Waals surface area (Å²) in [6.45, 7) is 9.02. The highest BCUT2D eigenvalue weighted by Crippen LogP contribution is 2.20. The fourth-order valence-electron chi connectivity index (χ4n) is 2.37. The maximum Gasteiger partial charge on any atom is 0.0241 e. The Balaban J connectivity index is 1.84. The number of piperazine rings is 1. The quantitative estimate of drug-likeness (QED) is 0.817. The first-order valence-corrected chi connectivity index (χ1v) is 6.56. The highest BCUT2D eigenvalue weighted by Gasteiger charge is 2.28. The van der Waals surface area contributed by atoms with Crippen LogP contribution >= 0.6 is 0 Å². The average Bonchev–Trinajstić information content (AvgIpc) is 2.30. The van der Waals surface area contributed by atoms with Crippen LogP contribution in [0.1, 0.15) is 26.3 Å². The van der Waals surface area contributed by atoms with Crippen molar-refractivity contribution >= 4 is 0 Å². The maximum atomic E-state index is 3.67. The zero-order chi connectivity index (χ0) is 12.3. The third kappa shape index (κ3) is 3.55. The second kappa shape index (κ2) is 5.19. The third-order valence-electron chi connectivity index (χ3n) is 3.59. The van der Waals surface area contributed by atoms with Gasteiger partial charge in [0.1, 0.15) is 0 Å². The molecule has 1 aliphatic heterocycles. The van der Waals surface area contributed by atoms with Crippen LogP contribution in [0, 0.1) is 5.41 Å². The summed E-state index contributed by atoms with van der Waals surface area (Å²) in [5.74, 6) is 0. The van der Waals surface area contributed by atoms with E-state index in [1.54, 1.807) is 0 Å². The smallest absolute Gasteiger partial charge is 0.0241 e. The number of rotatable bonds is 2. The Bertz CT molecular complexity index is 332. The summed E-state index contributed by atoms with van der Waals surface area (Å²) >= 11 is 0. The van der Waals surface area contributed by atoms with E-state index < -0.39 is 0 Å². The van der Waals surface area contributed by atoms with Gasteiger partial charge in [-0.1, -0.05) is 51.1 Å². The summed E-state index contributed by atoms with van der Waals surface area (Å²) in [6, 6.07) is 11.9. The van der Waals surface area contributed by atoms with Crippen molar-refractivity contribution in [3.63, 3.8) is 0 Å². The van der Waals surface area contributed by atoms with Crippen LogP contribution in [0.4, 0.5) is 0 Å². The molecule has 1 aromatic carbocycles. The first kappa shape index (κ1) is 12.6. The van der Waals surface area contributed by atoms with Crippen LogP contribution in [-0.4, -0.2) is 25.2 Å². The first-order valence-electron chi connectivity index (χ1n) is 6.56. The minimum atomic E-state index is 0.338. The van der Waals surface area contributed by atoms with E-state index >= 15 is 0 Å². The van der Waals surface area contributed by atoms with Crippen molar-refractivity contribution in [2.24, 2.45) is 5.41 Å². The molecule has 17 heavy (non-hydrogen) atoms. The molecule has 0 amide bonds. The number of hydrogen-bond acceptors (Lipinski definition) is 2. The Morgan fingerprint density at radius 2 is 1.76 bits per heavy atom. The van der Waals surface area contributed by atoms with E-state index in [9.17, 15) is 0 Å². The summed E-state index contributed by atoms with van der Waals surface area (Å²) in [6.07, 6.45) is 1.12. The lowest BCUT2D eigenvalue weighted by Gasteiger charge is -2.38. The van der Waals surface area contributed by atoms with Crippen LogP contribution in [0.2, 0.25) is 0 Å². The molecule has 2 nitrogen and oxygen atoms in total. The summed E-state index contributed by atoms with van der Waals surface area (Å²) in [5.41, 5.74) is 1.76. The van der Waals surface area contributed by atoms with Crippen LogP contribution < -0.4 is 10.6 Å². The molecule has 0 spiro atoms. The molecule has 2 N–H and O–H groups in total. The molecular formula is C15H24N2. The summed E-state index contributed by atoms with van der Waals surface area (Å²) < 4.78 is 0. The van der Waals surface area contributed by atoms with E-state index in [1.165, 1.54) is 5.56 Å². The Kier molecular flexibility index (Phi) is 3.85. The Labute approximate surface area is 105 Å². The molecule has 0 saturated carbocycles. The van der Waals surface area contributed by atoms with Gasteiger partial charge in [-0.3, -0.25) is 0 Å². The van der Waals surface area contributed by atoms with E-state index in [0.29, 0.717) is 17.5 Å². The largest absolute Gasteiger partial charge is 0.311 e. The maximum absolute atomic E-state index is 3.67. The van der Waals surface area contributed by atoms with Crippen LogP contribution in [-0.2, 0) is 6.42 Å². The predicted octanol–water partition coefficient (Wildman–Crippen LogP) is 2.21. The van der Waals surface area contributed by atoms with Gasteiger partial charge in [0.15, 0.2) is 0 Å². The topological polar surface area (TPSA) is 24.1 Å². The SMILES string of the molecule is CC(C)(C)C1CNC(Cc2ccccc2)CN1. The first-order chi connectivity index (χ1) is 8.05. The van der Waals surface area contributed by atoms with Gasteiger partial charge in [-0.2, -0.15) is 0 Å². The minimum Gasteiger partial charge on any atom is -0.311 e. The lowest BCUT2D eigenvalue weighted by atomic mass is 9.85. The van der Waals surface area contributed by atoms with E-state index in [2.05, 4.69) is 61.7 Å². The highest BCUT2D eigenvalue weighted by atomic mass is 15.1. The van der Waals surface area contributed by atoms with Gasteiger partial charge in [-0.25, -0.2) is 0 Å². The minimum absolute atomic E-state index is 0.338. The van der Waals surface area contributed by atoms with Gasteiger partial charge >= 0.3 is 0 Å². The normalized spacial score (nSPS) is 25.8. The standard InChI is InChI=1S/C15H24N2/c1-15(2,3)14-11-16-13(10-17-14)9-12-7-5-4-6-8-12/h4-8,13-14,16-17H,9-11H2,1-3H3. The molecule has 0 aliphatic carbocycles. The van der Waals surface area contributed by atoms with Gasteiger partial charge in [0.25, 0.3) is 0 Å². The van der Waals surface area contributed by atoms with E-state index in [0.717, 1.165) is 19.5 Å². The molecule has 2 unspecified atom stereocenters. The van der Waals surface area contributed by atoms with Crippen molar-refractivity contribution in [1.82, 2.24) is 10.6 Å².